The Balaban J connectivity index is 2.67. The number of aromatic nitrogens is 4. The van der Waals surface area contributed by atoms with E-state index in [0.29, 0.717) is 0 Å². The second-order valence-electron chi connectivity index (χ2n) is 3.12. The van der Waals surface area contributed by atoms with Crippen LogP contribution in [0.3, 0.4) is 0 Å². The molecule has 0 aliphatic carbocycles. The number of benzene rings is 1. The van der Waals surface area contributed by atoms with E-state index in [1.165, 1.54) is 0 Å². The molecule has 0 aliphatic heterocycles. The molecule has 5 nitrogen and oxygen atoms in total. The Hall–Kier alpha value is -2.04. The van der Waals surface area contributed by atoms with Gasteiger partial charge in [-0.2, -0.15) is 10.2 Å². The molecule has 3 aromatic rings. The van der Waals surface area contributed by atoms with Crippen molar-refractivity contribution in [3.05, 3.63) is 23.9 Å². The Kier molecular flexibility index (Phi) is 1.30. The molecule has 0 saturated heterocycles. The van der Waals surface area contributed by atoms with Crippen molar-refractivity contribution in [3.8, 4) is 0 Å². The number of rotatable bonds is 0. The van der Waals surface area contributed by atoms with Crippen molar-refractivity contribution in [2.75, 3.05) is 0 Å². The van der Waals surface area contributed by atoms with E-state index in [9.17, 15) is 0 Å². The van der Waals surface area contributed by atoms with Gasteiger partial charge in [-0.15, -0.1) is 0 Å². The summed E-state index contributed by atoms with van der Waals surface area (Å²) in [5.41, 5.74) is 3.33. The molecular weight excluding hydrogens is 180 g/mol. The molecule has 3 rings (SSSR count). The molecule has 0 atom stereocenters. The molecule has 0 bridgehead atoms. The summed E-state index contributed by atoms with van der Waals surface area (Å²) in [4.78, 5) is 0. The lowest BCUT2D eigenvalue weighted by Crippen LogP contribution is -1.87. The summed E-state index contributed by atoms with van der Waals surface area (Å²) in [5.74, 6) is 0. The van der Waals surface area contributed by atoms with Crippen LogP contribution in [0.5, 0.6) is 0 Å². The van der Waals surface area contributed by atoms with Gasteiger partial charge in [0.15, 0.2) is 0 Å². The zero-order valence-corrected chi connectivity index (χ0v) is 7.43. The third kappa shape index (κ3) is 0.834. The minimum Gasteiger partial charge on any atom is -0.243 e. The third-order valence-electron chi connectivity index (χ3n) is 2.22. The largest absolute Gasteiger partial charge is 0.243 e. The van der Waals surface area contributed by atoms with Crippen LogP contribution in [0.4, 0.5) is 0 Å². The van der Waals surface area contributed by atoms with Crippen LogP contribution < -0.4 is 0 Å². The summed E-state index contributed by atoms with van der Waals surface area (Å²) in [7, 11) is 0. The Morgan fingerprint density at radius 3 is 2.93 bits per heavy atom. The van der Waals surface area contributed by atoms with Crippen LogP contribution in [0.2, 0.25) is 0 Å². The second kappa shape index (κ2) is 2.47. The SMILES string of the molecule is Cc1cnnc2ccc3nonc3c12. The first-order valence-corrected chi connectivity index (χ1v) is 4.19. The molecule has 68 valence electrons. The van der Waals surface area contributed by atoms with Crippen LogP contribution in [-0.2, 0) is 0 Å². The summed E-state index contributed by atoms with van der Waals surface area (Å²) in [5, 5.41) is 16.5. The van der Waals surface area contributed by atoms with Gasteiger partial charge in [0.1, 0.15) is 11.0 Å². The highest BCUT2D eigenvalue weighted by atomic mass is 16.6. The fraction of sp³-hybridized carbons (Fsp3) is 0.111. The minimum atomic E-state index is 0.744. The molecule has 2 heterocycles. The van der Waals surface area contributed by atoms with Crippen molar-refractivity contribution in [1.82, 2.24) is 20.5 Å². The first-order chi connectivity index (χ1) is 6.86. The summed E-state index contributed by atoms with van der Waals surface area (Å²) < 4.78 is 4.68. The average Bonchev–Trinajstić information content (AvgIpc) is 2.65. The van der Waals surface area contributed by atoms with Gasteiger partial charge in [-0.1, -0.05) is 0 Å². The number of hydrogen-bond acceptors (Lipinski definition) is 5. The van der Waals surface area contributed by atoms with Crippen molar-refractivity contribution >= 4 is 21.9 Å². The molecule has 1 aromatic carbocycles. The molecule has 0 radical (unpaired) electrons. The van der Waals surface area contributed by atoms with Gasteiger partial charge >= 0.3 is 0 Å². The average molecular weight is 186 g/mol. The molecule has 0 aliphatic rings. The fourth-order valence-electron chi connectivity index (χ4n) is 1.56. The Morgan fingerprint density at radius 2 is 2.00 bits per heavy atom. The van der Waals surface area contributed by atoms with Crippen LogP contribution in [0.15, 0.2) is 23.0 Å². The Labute approximate surface area is 78.7 Å². The maximum Gasteiger partial charge on any atom is 0.145 e. The summed E-state index contributed by atoms with van der Waals surface area (Å²) in [6.07, 6.45) is 1.70. The van der Waals surface area contributed by atoms with E-state index in [1.807, 2.05) is 19.1 Å². The lowest BCUT2D eigenvalue weighted by molar-refractivity contribution is 0.316. The van der Waals surface area contributed by atoms with E-state index >= 15 is 0 Å². The quantitative estimate of drug-likeness (QED) is 0.532. The first kappa shape index (κ1) is 7.37. The third-order valence-corrected chi connectivity index (χ3v) is 2.22. The predicted octanol–water partition coefficient (Wildman–Crippen LogP) is 1.47. The van der Waals surface area contributed by atoms with Crippen molar-refractivity contribution in [2.45, 2.75) is 6.92 Å². The first-order valence-electron chi connectivity index (χ1n) is 4.19. The Bertz CT molecular complexity index is 616. The molecule has 0 amide bonds. The van der Waals surface area contributed by atoms with Gasteiger partial charge in [0.25, 0.3) is 0 Å². The Morgan fingerprint density at radius 1 is 1.14 bits per heavy atom. The van der Waals surface area contributed by atoms with Gasteiger partial charge in [-0.3, -0.25) is 0 Å². The second-order valence-corrected chi connectivity index (χ2v) is 3.12. The van der Waals surface area contributed by atoms with E-state index < -0.39 is 0 Å². The molecule has 0 saturated carbocycles. The van der Waals surface area contributed by atoms with E-state index in [-0.39, 0.29) is 0 Å². The van der Waals surface area contributed by atoms with Gasteiger partial charge in [0, 0.05) is 5.39 Å². The highest BCUT2D eigenvalue weighted by Gasteiger charge is 2.08. The minimum absolute atomic E-state index is 0.744. The van der Waals surface area contributed by atoms with E-state index in [1.54, 1.807) is 6.20 Å². The van der Waals surface area contributed by atoms with Crippen LogP contribution >= 0.6 is 0 Å². The molecule has 0 unspecified atom stereocenters. The fourth-order valence-corrected chi connectivity index (χ4v) is 1.56. The van der Waals surface area contributed by atoms with E-state index in [4.69, 9.17) is 0 Å². The zero-order valence-electron chi connectivity index (χ0n) is 7.43. The normalized spacial score (nSPS) is 11.2. The highest BCUT2D eigenvalue weighted by molar-refractivity contribution is 6.03. The van der Waals surface area contributed by atoms with Crippen LogP contribution in [-0.4, -0.2) is 20.5 Å². The van der Waals surface area contributed by atoms with E-state index in [0.717, 1.165) is 27.5 Å². The highest BCUT2D eigenvalue weighted by Crippen LogP contribution is 2.22. The van der Waals surface area contributed by atoms with Crippen molar-refractivity contribution in [2.24, 2.45) is 0 Å². The summed E-state index contributed by atoms with van der Waals surface area (Å²) in [6.45, 7) is 1.96. The molecular formula is C9H6N4O. The van der Waals surface area contributed by atoms with Gasteiger partial charge in [-0.05, 0) is 34.9 Å². The van der Waals surface area contributed by atoms with Crippen molar-refractivity contribution in [1.29, 1.82) is 0 Å². The number of fused-ring (bicyclic) bond motifs is 3. The molecule has 14 heavy (non-hydrogen) atoms. The van der Waals surface area contributed by atoms with Crippen LogP contribution in [0, 0.1) is 6.92 Å². The lowest BCUT2D eigenvalue weighted by atomic mass is 10.1. The monoisotopic (exact) mass is 186 g/mol. The van der Waals surface area contributed by atoms with Gasteiger partial charge < -0.3 is 0 Å². The molecule has 5 heteroatoms. The summed E-state index contributed by atoms with van der Waals surface area (Å²) in [6, 6.07) is 3.68. The van der Waals surface area contributed by atoms with E-state index in [2.05, 4.69) is 25.1 Å². The number of nitrogens with zero attached hydrogens (tertiary/aromatic N) is 4. The molecule has 0 spiro atoms. The topological polar surface area (TPSA) is 64.7 Å². The standard InChI is InChI=1S/C9H6N4O/c1-5-4-10-11-6-2-3-7-9(8(5)6)13-14-12-7/h2-4H,1H3. The van der Waals surface area contributed by atoms with Crippen LogP contribution in [0.1, 0.15) is 5.56 Å². The number of hydrogen-bond donors (Lipinski definition) is 0. The molecule has 0 N–H and O–H groups in total. The lowest BCUT2D eigenvalue weighted by Gasteiger charge is -1.97. The van der Waals surface area contributed by atoms with Crippen LogP contribution in [0.25, 0.3) is 21.9 Å². The van der Waals surface area contributed by atoms with Gasteiger partial charge in [-0.25, -0.2) is 4.63 Å². The zero-order chi connectivity index (χ0) is 9.54. The smallest absolute Gasteiger partial charge is 0.145 e. The maximum atomic E-state index is 4.68. The van der Waals surface area contributed by atoms with Crippen molar-refractivity contribution < 1.29 is 4.63 Å². The van der Waals surface area contributed by atoms with Gasteiger partial charge in [0.2, 0.25) is 0 Å². The molecule has 0 fully saturated rings. The van der Waals surface area contributed by atoms with Gasteiger partial charge in [0.05, 0.1) is 11.7 Å². The molecule has 2 aromatic heterocycles. The van der Waals surface area contributed by atoms with Crippen molar-refractivity contribution in [3.63, 3.8) is 0 Å². The number of aryl methyl sites for hydroxylation is 1. The maximum absolute atomic E-state index is 4.68. The summed E-state index contributed by atoms with van der Waals surface area (Å²) >= 11 is 0. The predicted molar refractivity (Wildman–Crippen MR) is 49.6 cm³/mol.